The van der Waals surface area contributed by atoms with Gasteiger partial charge in [-0.15, -0.1) is 0 Å². The number of carboxylic acid groups (broad SMARTS) is 2. The van der Waals surface area contributed by atoms with E-state index in [9.17, 15) is 9.59 Å². The summed E-state index contributed by atoms with van der Waals surface area (Å²) in [6.07, 6.45) is -0.806. The minimum atomic E-state index is -1.31. The molecule has 1 aromatic carbocycles. The second-order valence-corrected chi connectivity index (χ2v) is 3.50. The molecule has 0 aliphatic heterocycles. The van der Waals surface area contributed by atoms with Gasteiger partial charge < -0.3 is 10.2 Å². The van der Waals surface area contributed by atoms with Crippen molar-refractivity contribution in [2.75, 3.05) is 0 Å². The van der Waals surface area contributed by atoms with Crippen LogP contribution in [0.1, 0.15) is 12.0 Å². The third-order valence-corrected chi connectivity index (χ3v) is 2.02. The highest BCUT2D eigenvalue weighted by Crippen LogP contribution is 2.10. The molecule has 88 valence electrons. The zero-order valence-electron chi connectivity index (χ0n) is 8.26. The highest BCUT2D eigenvalue weighted by atomic mass is 35.5. The van der Waals surface area contributed by atoms with Gasteiger partial charge in [-0.3, -0.25) is 9.59 Å². The second kappa shape index (κ2) is 8.01. The molecular weight excluding hydrogens is 252 g/mol. The first-order valence-electron chi connectivity index (χ1n) is 4.24. The van der Waals surface area contributed by atoms with Crippen molar-refractivity contribution in [3.05, 3.63) is 34.9 Å². The Kier molecular flexibility index (Phi) is 7.41. The van der Waals surface area contributed by atoms with Gasteiger partial charge >= 0.3 is 11.9 Å². The van der Waals surface area contributed by atoms with Crippen molar-refractivity contribution < 1.29 is 19.8 Å². The van der Waals surface area contributed by atoms with E-state index in [0.29, 0.717) is 0 Å². The quantitative estimate of drug-likeness (QED) is 0.577. The third-order valence-electron chi connectivity index (χ3n) is 1.40. The summed E-state index contributed by atoms with van der Waals surface area (Å²) in [4.78, 5) is 18.9. The fourth-order valence-corrected chi connectivity index (χ4v) is 1.06. The first kappa shape index (κ1) is 14.8. The standard InChI is InChI=1S/C7H7ClS.C3H4O4/c8-7-3-1-6(5-9)2-4-7;4-2(5)1-3(6)7/h1-4,9H,5H2;1H2,(H,4,5)(H,6,7). The van der Waals surface area contributed by atoms with Gasteiger partial charge in [0.2, 0.25) is 0 Å². The summed E-state index contributed by atoms with van der Waals surface area (Å²) in [7, 11) is 0. The van der Waals surface area contributed by atoms with Crippen molar-refractivity contribution in [1.29, 1.82) is 0 Å². The molecule has 2 N–H and O–H groups in total. The fraction of sp³-hybridized carbons (Fsp3) is 0.200. The maximum Gasteiger partial charge on any atom is 0.314 e. The summed E-state index contributed by atoms with van der Waals surface area (Å²) >= 11 is 9.74. The van der Waals surface area contributed by atoms with Gasteiger partial charge in [-0.25, -0.2) is 0 Å². The SMILES string of the molecule is O=C(O)CC(=O)O.SCc1ccc(Cl)cc1. The number of carbonyl (C=O) groups is 2. The lowest BCUT2D eigenvalue weighted by Gasteiger charge is -1.92. The monoisotopic (exact) mass is 262 g/mol. The van der Waals surface area contributed by atoms with Crippen molar-refractivity contribution in [1.82, 2.24) is 0 Å². The minimum Gasteiger partial charge on any atom is -0.481 e. The van der Waals surface area contributed by atoms with Gasteiger partial charge in [0, 0.05) is 10.8 Å². The molecule has 0 bridgehead atoms. The van der Waals surface area contributed by atoms with Crippen molar-refractivity contribution in [2.24, 2.45) is 0 Å². The predicted molar refractivity (Wildman–Crippen MR) is 64.0 cm³/mol. The van der Waals surface area contributed by atoms with Crippen LogP contribution >= 0.6 is 24.2 Å². The molecule has 0 saturated carbocycles. The third kappa shape index (κ3) is 8.14. The zero-order valence-corrected chi connectivity index (χ0v) is 9.91. The summed E-state index contributed by atoms with van der Waals surface area (Å²) in [6, 6.07) is 7.67. The van der Waals surface area contributed by atoms with Crippen molar-refractivity contribution in [2.45, 2.75) is 12.2 Å². The fourth-order valence-electron chi connectivity index (χ4n) is 0.719. The van der Waals surface area contributed by atoms with Crippen LogP contribution in [0, 0.1) is 0 Å². The lowest BCUT2D eigenvalue weighted by Crippen LogP contribution is -2.03. The van der Waals surface area contributed by atoms with E-state index in [-0.39, 0.29) is 0 Å². The highest BCUT2D eigenvalue weighted by molar-refractivity contribution is 7.79. The van der Waals surface area contributed by atoms with E-state index in [2.05, 4.69) is 12.6 Å². The Morgan fingerprint density at radius 1 is 1.12 bits per heavy atom. The molecule has 0 atom stereocenters. The van der Waals surface area contributed by atoms with E-state index < -0.39 is 18.4 Å². The summed E-state index contributed by atoms with van der Waals surface area (Å²) in [5.74, 6) is -1.85. The number of hydrogen-bond donors (Lipinski definition) is 3. The molecule has 0 heterocycles. The van der Waals surface area contributed by atoms with Crippen molar-refractivity contribution in [3.8, 4) is 0 Å². The van der Waals surface area contributed by atoms with Gasteiger partial charge in [0.1, 0.15) is 6.42 Å². The number of rotatable bonds is 3. The maximum absolute atomic E-state index is 9.43. The van der Waals surface area contributed by atoms with Gasteiger partial charge in [0.05, 0.1) is 0 Å². The molecule has 1 rings (SSSR count). The Bertz CT molecular complexity index is 338. The number of aliphatic carboxylic acids is 2. The molecular formula is C10H11ClO4S. The minimum absolute atomic E-state index is 0.775. The van der Waals surface area contributed by atoms with E-state index in [0.717, 1.165) is 10.8 Å². The molecule has 16 heavy (non-hydrogen) atoms. The van der Waals surface area contributed by atoms with Gasteiger partial charge in [-0.05, 0) is 17.7 Å². The normalized spacial score (nSPS) is 8.88. The number of hydrogen-bond acceptors (Lipinski definition) is 3. The molecule has 6 heteroatoms. The topological polar surface area (TPSA) is 74.6 Å². The van der Waals surface area contributed by atoms with Crippen LogP contribution < -0.4 is 0 Å². The van der Waals surface area contributed by atoms with Gasteiger partial charge in [0.25, 0.3) is 0 Å². The van der Waals surface area contributed by atoms with Crippen LogP contribution in [0.2, 0.25) is 5.02 Å². The molecule has 1 aromatic rings. The Morgan fingerprint density at radius 3 is 1.81 bits per heavy atom. The van der Waals surface area contributed by atoms with E-state index in [1.807, 2.05) is 24.3 Å². The number of thiol groups is 1. The first-order chi connectivity index (χ1) is 7.45. The highest BCUT2D eigenvalue weighted by Gasteiger charge is 2.01. The molecule has 0 saturated heterocycles. The molecule has 4 nitrogen and oxygen atoms in total. The van der Waals surface area contributed by atoms with E-state index in [1.165, 1.54) is 5.56 Å². The zero-order chi connectivity index (χ0) is 12.6. The first-order valence-corrected chi connectivity index (χ1v) is 5.25. The van der Waals surface area contributed by atoms with Crippen LogP contribution in [0.3, 0.4) is 0 Å². The van der Waals surface area contributed by atoms with Crippen molar-refractivity contribution >= 4 is 36.2 Å². The van der Waals surface area contributed by atoms with Crippen LogP contribution in [0.5, 0.6) is 0 Å². The van der Waals surface area contributed by atoms with Crippen LogP contribution in [0.4, 0.5) is 0 Å². The molecule has 0 amide bonds. The van der Waals surface area contributed by atoms with Gasteiger partial charge in [-0.1, -0.05) is 23.7 Å². The maximum atomic E-state index is 9.43. The van der Waals surface area contributed by atoms with Gasteiger partial charge in [-0.2, -0.15) is 12.6 Å². The van der Waals surface area contributed by atoms with E-state index >= 15 is 0 Å². The largest absolute Gasteiger partial charge is 0.481 e. The summed E-state index contributed by atoms with van der Waals surface area (Å²) in [5, 5.41) is 16.2. The Hall–Kier alpha value is -1.20. The lowest BCUT2D eigenvalue weighted by atomic mass is 10.2. The smallest absolute Gasteiger partial charge is 0.314 e. The van der Waals surface area contributed by atoms with Crippen LogP contribution in [-0.4, -0.2) is 22.2 Å². The average molecular weight is 263 g/mol. The molecule has 0 aliphatic rings. The molecule has 0 fully saturated rings. The van der Waals surface area contributed by atoms with Gasteiger partial charge in [0.15, 0.2) is 0 Å². The summed E-state index contributed by atoms with van der Waals surface area (Å²) in [5.41, 5.74) is 1.20. The molecule has 0 aliphatic carbocycles. The molecule has 0 unspecified atom stereocenters. The lowest BCUT2D eigenvalue weighted by molar-refractivity contribution is -0.147. The van der Waals surface area contributed by atoms with E-state index in [4.69, 9.17) is 21.8 Å². The Labute approximate surface area is 103 Å². The van der Waals surface area contributed by atoms with Crippen LogP contribution in [-0.2, 0) is 15.3 Å². The number of halogens is 1. The summed E-state index contributed by atoms with van der Waals surface area (Å²) < 4.78 is 0. The summed E-state index contributed by atoms with van der Waals surface area (Å²) in [6.45, 7) is 0. The number of carboxylic acids is 2. The average Bonchev–Trinajstić information content (AvgIpc) is 2.17. The van der Waals surface area contributed by atoms with Crippen LogP contribution in [0.25, 0.3) is 0 Å². The van der Waals surface area contributed by atoms with Crippen LogP contribution in [0.15, 0.2) is 24.3 Å². The molecule has 0 radical (unpaired) electrons. The Balaban J connectivity index is 0.000000293. The van der Waals surface area contributed by atoms with Crippen molar-refractivity contribution in [3.63, 3.8) is 0 Å². The molecule has 0 aromatic heterocycles. The number of benzene rings is 1. The Morgan fingerprint density at radius 2 is 1.56 bits per heavy atom. The predicted octanol–water partition coefficient (Wildman–Crippen LogP) is 2.32. The van der Waals surface area contributed by atoms with E-state index in [1.54, 1.807) is 0 Å². The second-order valence-electron chi connectivity index (χ2n) is 2.75. The molecule has 0 spiro atoms.